The summed E-state index contributed by atoms with van der Waals surface area (Å²) in [6.45, 7) is -1.48. The van der Waals surface area contributed by atoms with Crippen molar-refractivity contribution in [1.82, 2.24) is 5.32 Å². The summed E-state index contributed by atoms with van der Waals surface area (Å²) in [5.74, 6) is 0. The van der Waals surface area contributed by atoms with Crippen LogP contribution < -0.4 is 5.32 Å². The highest BCUT2D eigenvalue weighted by atomic mass is 16.6. The Kier molecular flexibility index (Phi) is 4.91. The van der Waals surface area contributed by atoms with Crippen molar-refractivity contribution in [3.63, 3.8) is 0 Å². The molecule has 3 rings (SSSR count). The van der Waals surface area contributed by atoms with Gasteiger partial charge < -0.3 is 55.6 Å². The lowest BCUT2D eigenvalue weighted by atomic mass is 9.96. The minimum absolute atomic E-state index is 0.267. The molecule has 0 spiro atoms. The molecule has 3 aliphatic rings. The molecule has 0 aromatic carbocycles. The summed E-state index contributed by atoms with van der Waals surface area (Å²) < 4.78 is 10.5. The predicted molar refractivity (Wildman–Crippen MR) is 77.0 cm³/mol. The number of aliphatic imine (C=N–C) groups is 1. The van der Waals surface area contributed by atoms with Gasteiger partial charge >= 0.3 is 0 Å². The molecular weight excluding hydrogens is 344 g/mol. The molecule has 0 unspecified atom stereocenters. The second-order valence-corrected chi connectivity index (χ2v) is 6.44. The van der Waals surface area contributed by atoms with E-state index in [1.54, 1.807) is 0 Å². The summed E-state index contributed by atoms with van der Waals surface area (Å²) in [5.41, 5.74) is -2.07. The summed E-state index contributed by atoms with van der Waals surface area (Å²) in [7, 11) is 0. The fourth-order valence-corrected chi connectivity index (χ4v) is 3.35. The molecule has 0 bridgehead atoms. The highest BCUT2D eigenvalue weighted by Crippen LogP contribution is 2.36. The minimum Gasteiger partial charge on any atom is -0.457 e. The lowest BCUT2D eigenvalue weighted by Gasteiger charge is -2.38. The molecule has 0 amide bonds. The zero-order valence-electron chi connectivity index (χ0n) is 13.0. The molecule has 10 atom stereocenters. The van der Waals surface area contributed by atoms with Gasteiger partial charge in [0.15, 0.2) is 12.3 Å². The number of fused-ring (bicyclic) bond motifs is 1. The van der Waals surface area contributed by atoms with E-state index in [-0.39, 0.29) is 6.02 Å². The quantitative estimate of drug-likeness (QED) is 0.230. The maximum Gasteiger partial charge on any atom is 0.288 e. The fraction of sp³-hybridized carbons (Fsp3) is 0.923. The molecule has 9 N–H and O–H groups in total. The van der Waals surface area contributed by atoms with Gasteiger partial charge in [-0.25, -0.2) is 4.99 Å². The maximum atomic E-state index is 10.3. The molecule has 0 aromatic heterocycles. The van der Waals surface area contributed by atoms with Gasteiger partial charge in [-0.15, -0.1) is 0 Å². The van der Waals surface area contributed by atoms with Crippen molar-refractivity contribution in [2.24, 2.45) is 4.99 Å². The summed E-state index contributed by atoms with van der Waals surface area (Å²) >= 11 is 0. The zero-order chi connectivity index (χ0) is 18.5. The number of nitrogens with zero attached hydrogens (tertiary/aromatic N) is 1. The Morgan fingerprint density at radius 3 is 2.28 bits per heavy atom. The smallest absolute Gasteiger partial charge is 0.288 e. The minimum atomic E-state index is -2.07. The van der Waals surface area contributed by atoms with Gasteiger partial charge in [0.1, 0.15) is 48.3 Å². The summed E-state index contributed by atoms with van der Waals surface area (Å²) in [5, 5.41) is 80.5. The highest BCUT2D eigenvalue weighted by Gasteiger charge is 2.64. The van der Waals surface area contributed by atoms with Gasteiger partial charge in [-0.1, -0.05) is 0 Å². The van der Waals surface area contributed by atoms with E-state index < -0.39 is 73.8 Å². The SMILES string of the molecule is OC[C@@H]1O[C@@H](N=C2N[C@H]3[C@@H](O2)[C@H](O)[C@@H](O)[C@@]3(O)CO)[C@@H](O)[C@@H](O)[C@@H]1O. The van der Waals surface area contributed by atoms with Crippen molar-refractivity contribution in [2.45, 2.75) is 60.6 Å². The number of amidine groups is 1. The van der Waals surface area contributed by atoms with E-state index in [9.17, 15) is 35.7 Å². The van der Waals surface area contributed by atoms with Gasteiger partial charge in [-0.2, -0.15) is 0 Å². The van der Waals surface area contributed by atoms with Crippen molar-refractivity contribution >= 4 is 6.02 Å². The third-order valence-electron chi connectivity index (χ3n) is 4.93. The Bertz CT molecular complexity index is 533. The molecule has 0 aromatic rings. The van der Waals surface area contributed by atoms with Gasteiger partial charge in [0.05, 0.1) is 13.2 Å². The Balaban J connectivity index is 1.78. The van der Waals surface area contributed by atoms with Gasteiger partial charge in [0, 0.05) is 0 Å². The van der Waals surface area contributed by atoms with Crippen molar-refractivity contribution in [3.05, 3.63) is 0 Å². The van der Waals surface area contributed by atoms with Crippen LogP contribution in [0, 0.1) is 0 Å². The third-order valence-corrected chi connectivity index (χ3v) is 4.93. The first-order valence-electron chi connectivity index (χ1n) is 7.75. The van der Waals surface area contributed by atoms with Crippen molar-refractivity contribution in [3.8, 4) is 0 Å². The van der Waals surface area contributed by atoms with Crippen LogP contribution in [0.4, 0.5) is 0 Å². The first-order chi connectivity index (χ1) is 11.7. The topological polar surface area (TPSA) is 205 Å². The van der Waals surface area contributed by atoms with Crippen LogP contribution in [-0.2, 0) is 9.47 Å². The molecule has 25 heavy (non-hydrogen) atoms. The van der Waals surface area contributed by atoms with Gasteiger partial charge in [-0.3, -0.25) is 0 Å². The van der Waals surface area contributed by atoms with Crippen molar-refractivity contribution in [2.75, 3.05) is 13.2 Å². The monoisotopic (exact) mass is 366 g/mol. The number of aliphatic hydroxyl groups is 8. The Hall–Kier alpha value is -1.09. The van der Waals surface area contributed by atoms with E-state index in [2.05, 4.69) is 10.3 Å². The van der Waals surface area contributed by atoms with Crippen LogP contribution in [0.3, 0.4) is 0 Å². The molecule has 3 fully saturated rings. The third kappa shape index (κ3) is 2.79. The van der Waals surface area contributed by atoms with Crippen molar-refractivity contribution < 1.29 is 50.3 Å². The fourth-order valence-electron chi connectivity index (χ4n) is 3.35. The zero-order valence-corrected chi connectivity index (χ0v) is 13.0. The molecule has 2 aliphatic heterocycles. The molecule has 0 radical (unpaired) electrons. The Morgan fingerprint density at radius 1 is 1.00 bits per heavy atom. The van der Waals surface area contributed by atoms with Gasteiger partial charge in [0.25, 0.3) is 6.02 Å². The van der Waals surface area contributed by atoms with Crippen LogP contribution in [0.1, 0.15) is 0 Å². The lowest BCUT2D eigenvalue weighted by molar-refractivity contribution is -0.227. The van der Waals surface area contributed by atoms with E-state index in [1.165, 1.54) is 0 Å². The second-order valence-electron chi connectivity index (χ2n) is 6.44. The number of aliphatic hydroxyl groups excluding tert-OH is 7. The lowest BCUT2D eigenvalue weighted by Crippen LogP contribution is -2.58. The molecule has 144 valence electrons. The highest BCUT2D eigenvalue weighted by molar-refractivity contribution is 5.77. The number of hydrogen-bond acceptors (Lipinski definition) is 11. The molecule has 2 saturated heterocycles. The van der Waals surface area contributed by atoms with Gasteiger partial charge in [0.2, 0.25) is 0 Å². The van der Waals surface area contributed by atoms with E-state index >= 15 is 0 Å². The van der Waals surface area contributed by atoms with Crippen molar-refractivity contribution in [1.29, 1.82) is 0 Å². The molecule has 1 aliphatic carbocycles. The number of rotatable bonds is 3. The second kappa shape index (κ2) is 6.57. The molecule has 12 heteroatoms. The average molecular weight is 366 g/mol. The number of ether oxygens (including phenoxy) is 2. The molecule has 12 nitrogen and oxygen atoms in total. The van der Waals surface area contributed by atoms with E-state index in [4.69, 9.17) is 14.6 Å². The Morgan fingerprint density at radius 2 is 1.68 bits per heavy atom. The summed E-state index contributed by atoms with van der Waals surface area (Å²) in [4.78, 5) is 3.88. The van der Waals surface area contributed by atoms with E-state index in [0.717, 1.165) is 0 Å². The Labute approximate surface area is 141 Å². The normalized spacial score (nSPS) is 54.2. The predicted octanol–water partition coefficient (Wildman–Crippen LogP) is -6.04. The van der Waals surface area contributed by atoms with Crippen LogP contribution in [0.25, 0.3) is 0 Å². The molecule has 2 heterocycles. The summed E-state index contributed by atoms with van der Waals surface area (Å²) in [6, 6.07) is -1.34. The largest absolute Gasteiger partial charge is 0.457 e. The summed E-state index contributed by atoms with van der Waals surface area (Å²) in [6.07, 6.45) is -11.6. The number of nitrogens with one attached hydrogen (secondary N) is 1. The van der Waals surface area contributed by atoms with Crippen LogP contribution in [-0.4, -0.2) is 121 Å². The van der Waals surface area contributed by atoms with E-state index in [0.29, 0.717) is 0 Å². The van der Waals surface area contributed by atoms with Crippen LogP contribution >= 0.6 is 0 Å². The first kappa shape index (κ1) is 18.7. The average Bonchev–Trinajstić information content (AvgIpc) is 3.10. The van der Waals surface area contributed by atoms with Crippen LogP contribution in [0.15, 0.2) is 4.99 Å². The van der Waals surface area contributed by atoms with Crippen LogP contribution in [0.5, 0.6) is 0 Å². The standard InChI is InChI=1S/C13H22N2O10/c16-1-3-4(18)5(19)6(20)11(24-3)15-12-14-9-8(25-12)7(21)10(22)13(9,23)2-17/h3-11,16-23H,1-2H2,(H,14,15)/t3-,4+,5-,6-,7-,8-,9-,10+,11+,13+/m0/s1. The van der Waals surface area contributed by atoms with Gasteiger partial charge in [-0.05, 0) is 0 Å². The number of hydrogen-bond donors (Lipinski definition) is 9. The molecular formula is C13H22N2O10. The first-order valence-corrected chi connectivity index (χ1v) is 7.75. The van der Waals surface area contributed by atoms with Crippen LogP contribution in [0.2, 0.25) is 0 Å². The molecule has 1 saturated carbocycles. The van der Waals surface area contributed by atoms with E-state index in [1.807, 2.05) is 0 Å². The maximum absolute atomic E-state index is 10.3.